The number of carbonyl (C=O) groups excluding carboxylic acids is 2. The van der Waals surface area contributed by atoms with Crippen LogP contribution in [0.1, 0.15) is 18.4 Å². The first kappa shape index (κ1) is 15.6. The van der Waals surface area contributed by atoms with Crippen molar-refractivity contribution in [1.29, 1.82) is 0 Å². The Hall–Kier alpha value is -2.41. The maximum absolute atomic E-state index is 11.3. The van der Waals surface area contributed by atoms with Crippen LogP contribution in [0.5, 0.6) is 0 Å². The minimum Gasteiger partial charge on any atom is -0.481 e. The molecule has 7 heteroatoms. The number of carbonyl (C=O) groups is 3. The van der Waals surface area contributed by atoms with Crippen LogP contribution in [0.15, 0.2) is 30.3 Å². The van der Waals surface area contributed by atoms with E-state index in [-0.39, 0.29) is 19.4 Å². The molecule has 0 fully saturated rings. The Morgan fingerprint density at radius 3 is 2.50 bits per heavy atom. The van der Waals surface area contributed by atoms with Crippen molar-refractivity contribution >= 4 is 18.3 Å². The minimum atomic E-state index is -1.10. The predicted octanol–water partition coefficient (Wildman–Crippen LogP) is 0.295. The highest BCUT2D eigenvalue weighted by atomic mass is 16.7. The summed E-state index contributed by atoms with van der Waals surface area (Å²) in [5.74, 6) is -1.89. The maximum Gasteiger partial charge on any atom is 0.303 e. The molecule has 0 heterocycles. The van der Waals surface area contributed by atoms with Gasteiger partial charge >= 0.3 is 5.97 Å². The highest BCUT2D eigenvalue weighted by Crippen LogP contribution is 2.09. The number of amides is 2. The van der Waals surface area contributed by atoms with Crippen LogP contribution in [0.3, 0.4) is 0 Å². The highest BCUT2D eigenvalue weighted by Gasteiger charge is 2.24. The molecule has 0 aliphatic rings. The van der Waals surface area contributed by atoms with E-state index in [0.29, 0.717) is 6.41 Å². The van der Waals surface area contributed by atoms with Gasteiger partial charge in [0.2, 0.25) is 12.3 Å². The molecule has 0 radical (unpaired) electrons. The number of hydrogen-bond donors (Lipinski definition) is 2. The van der Waals surface area contributed by atoms with E-state index in [2.05, 4.69) is 0 Å². The number of carboxylic acid groups (broad SMARTS) is 1. The van der Waals surface area contributed by atoms with E-state index in [4.69, 9.17) is 15.7 Å². The molecule has 2 amide bonds. The molecule has 0 bridgehead atoms. The van der Waals surface area contributed by atoms with E-state index in [9.17, 15) is 14.4 Å². The molecule has 1 aromatic carbocycles. The molecule has 0 saturated heterocycles. The van der Waals surface area contributed by atoms with E-state index in [1.165, 1.54) is 0 Å². The molecule has 1 rings (SSSR count). The van der Waals surface area contributed by atoms with Gasteiger partial charge in [0.1, 0.15) is 12.6 Å². The fourth-order valence-corrected chi connectivity index (χ4v) is 1.57. The van der Waals surface area contributed by atoms with Gasteiger partial charge in [0.25, 0.3) is 0 Å². The standard InChI is InChI=1S/C13H16N2O5/c14-13(19)11(6-7-12(17)18)15(9-16)20-8-10-4-2-1-3-5-10/h1-5,9,11H,6-8H2,(H2,14,19)(H,17,18). The summed E-state index contributed by atoms with van der Waals surface area (Å²) in [5, 5.41) is 9.37. The summed E-state index contributed by atoms with van der Waals surface area (Å²) in [6.07, 6.45) is -0.0644. The van der Waals surface area contributed by atoms with Gasteiger partial charge in [-0.3, -0.25) is 19.2 Å². The monoisotopic (exact) mass is 280 g/mol. The number of carboxylic acids is 1. The van der Waals surface area contributed by atoms with E-state index in [1.807, 2.05) is 6.07 Å². The topological polar surface area (TPSA) is 110 Å². The van der Waals surface area contributed by atoms with Crippen molar-refractivity contribution < 1.29 is 24.3 Å². The van der Waals surface area contributed by atoms with E-state index in [0.717, 1.165) is 10.6 Å². The number of rotatable bonds is 9. The van der Waals surface area contributed by atoms with Crippen LogP contribution in [0.4, 0.5) is 0 Å². The molecule has 0 spiro atoms. The van der Waals surface area contributed by atoms with Crippen LogP contribution < -0.4 is 5.73 Å². The smallest absolute Gasteiger partial charge is 0.303 e. The summed E-state index contributed by atoms with van der Waals surface area (Å²) >= 11 is 0. The fourth-order valence-electron chi connectivity index (χ4n) is 1.57. The van der Waals surface area contributed by atoms with Crippen molar-refractivity contribution in [2.45, 2.75) is 25.5 Å². The first-order valence-corrected chi connectivity index (χ1v) is 5.96. The van der Waals surface area contributed by atoms with Crippen molar-refractivity contribution in [1.82, 2.24) is 5.06 Å². The molecular weight excluding hydrogens is 264 g/mol. The Kier molecular flexibility index (Phi) is 6.18. The van der Waals surface area contributed by atoms with Crippen molar-refractivity contribution in [3.63, 3.8) is 0 Å². The third-order valence-electron chi connectivity index (χ3n) is 2.59. The van der Waals surface area contributed by atoms with Gasteiger partial charge in [-0.05, 0) is 12.0 Å². The molecule has 1 unspecified atom stereocenters. The number of benzene rings is 1. The number of aliphatic carboxylic acids is 1. The second-order valence-electron chi connectivity index (χ2n) is 4.07. The van der Waals surface area contributed by atoms with Gasteiger partial charge in [0.05, 0.1) is 0 Å². The van der Waals surface area contributed by atoms with Gasteiger partial charge in [-0.1, -0.05) is 30.3 Å². The number of hydrogen-bond acceptors (Lipinski definition) is 4. The lowest BCUT2D eigenvalue weighted by Crippen LogP contribution is -2.44. The van der Waals surface area contributed by atoms with Gasteiger partial charge in [0.15, 0.2) is 0 Å². The summed E-state index contributed by atoms with van der Waals surface area (Å²) in [5.41, 5.74) is 5.96. The van der Waals surface area contributed by atoms with Crippen LogP contribution in [0, 0.1) is 0 Å². The van der Waals surface area contributed by atoms with Crippen molar-refractivity contribution in [2.24, 2.45) is 5.73 Å². The quantitative estimate of drug-likeness (QED) is 0.499. The summed E-state index contributed by atoms with van der Waals surface area (Å²) in [6.45, 7) is 0.0798. The fraction of sp³-hybridized carbons (Fsp3) is 0.308. The lowest BCUT2D eigenvalue weighted by Gasteiger charge is -2.24. The first-order chi connectivity index (χ1) is 9.54. The first-order valence-electron chi connectivity index (χ1n) is 5.96. The van der Waals surface area contributed by atoms with Gasteiger partial charge in [-0.25, -0.2) is 5.06 Å². The molecule has 0 aromatic heterocycles. The van der Waals surface area contributed by atoms with Gasteiger partial charge in [-0.15, -0.1) is 0 Å². The van der Waals surface area contributed by atoms with Crippen LogP contribution in [-0.2, 0) is 25.8 Å². The zero-order valence-corrected chi connectivity index (χ0v) is 10.8. The van der Waals surface area contributed by atoms with E-state index < -0.39 is 17.9 Å². The van der Waals surface area contributed by atoms with E-state index >= 15 is 0 Å². The SMILES string of the molecule is NC(=O)C(CCC(=O)O)N(C=O)OCc1ccccc1. The van der Waals surface area contributed by atoms with Gasteiger partial charge in [-0.2, -0.15) is 0 Å². The number of nitrogens with two attached hydrogens (primary N) is 1. The normalized spacial score (nSPS) is 11.6. The lowest BCUT2D eigenvalue weighted by molar-refractivity contribution is -0.195. The lowest BCUT2D eigenvalue weighted by atomic mass is 10.1. The van der Waals surface area contributed by atoms with Crippen LogP contribution in [0.2, 0.25) is 0 Å². The van der Waals surface area contributed by atoms with Crippen LogP contribution in [0.25, 0.3) is 0 Å². The predicted molar refractivity (Wildman–Crippen MR) is 69.0 cm³/mol. The summed E-state index contributed by atoms with van der Waals surface area (Å²) in [7, 11) is 0. The molecule has 0 aliphatic heterocycles. The average Bonchev–Trinajstić information content (AvgIpc) is 2.42. The average molecular weight is 280 g/mol. The summed E-state index contributed by atoms with van der Waals surface area (Å²) in [4.78, 5) is 38.0. The summed E-state index contributed by atoms with van der Waals surface area (Å²) in [6, 6.07) is 7.92. The maximum atomic E-state index is 11.3. The zero-order chi connectivity index (χ0) is 15.0. The Labute approximate surface area is 115 Å². The molecule has 3 N–H and O–H groups in total. The third kappa shape index (κ3) is 5.07. The van der Waals surface area contributed by atoms with Crippen molar-refractivity contribution in [3.8, 4) is 0 Å². The largest absolute Gasteiger partial charge is 0.481 e. The van der Waals surface area contributed by atoms with Crippen molar-refractivity contribution in [2.75, 3.05) is 0 Å². The second-order valence-corrected chi connectivity index (χ2v) is 4.07. The molecule has 108 valence electrons. The minimum absolute atomic E-state index is 0.0798. The van der Waals surface area contributed by atoms with Gasteiger partial charge in [0, 0.05) is 6.42 Å². The number of nitrogens with zero attached hydrogens (tertiary/aromatic N) is 1. The second kappa shape index (κ2) is 7.90. The highest BCUT2D eigenvalue weighted by molar-refractivity contribution is 5.82. The molecule has 0 saturated carbocycles. The molecule has 20 heavy (non-hydrogen) atoms. The van der Waals surface area contributed by atoms with E-state index in [1.54, 1.807) is 24.3 Å². The molecular formula is C13H16N2O5. The molecule has 0 aliphatic carbocycles. The Morgan fingerprint density at radius 1 is 1.35 bits per heavy atom. The molecule has 1 atom stereocenters. The van der Waals surface area contributed by atoms with Crippen molar-refractivity contribution in [3.05, 3.63) is 35.9 Å². The Balaban J connectivity index is 2.63. The Bertz CT molecular complexity index is 463. The summed E-state index contributed by atoms with van der Waals surface area (Å²) < 4.78 is 0. The van der Waals surface area contributed by atoms with Gasteiger partial charge < -0.3 is 10.8 Å². The third-order valence-corrected chi connectivity index (χ3v) is 2.59. The zero-order valence-electron chi connectivity index (χ0n) is 10.8. The molecule has 7 nitrogen and oxygen atoms in total. The molecule has 1 aromatic rings. The number of hydroxylamine groups is 2. The van der Waals surface area contributed by atoms with Crippen LogP contribution in [-0.4, -0.2) is 34.5 Å². The Morgan fingerprint density at radius 2 is 2.00 bits per heavy atom. The van der Waals surface area contributed by atoms with Crippen LogP contribution >= 0.6 is 0 Å². The number of primary amides is 1.